The molecule has 0 unspecified atom stereocenters. The van der Waals surface area contributed by atoms with E-state index in [1.165, 1.54) is 11.1 Å². The van der Waals surface area contributed by atoms with Crippen LogP contribution in [0.3, 0.4) is 0 Å². The summed E-state index contributed by atoms with van der Waals surface area (Å²) in [5.41, 5.74) is 5.37. The molecule has 0 saturated carbocycles. The number of rotatable bonds is 7. The molecule has 1 aliphatic rings. The van der Waals surface area contributed by atoms with Gasteiger partial charge in [-0.2, -0.15) is 10.2 Å². The maximum Gasteiger partial charge on any atom is 0.262 e. The van der Waals surface area contributed by atoms with Crippen LogP contribution >= 0.6 is 11.9 Å². The molecule has 4 heterocycles. The summed E-state index contributed by atoms with van der Waals surface area (Å²) in [6.07, 6.45) is 7.04. The summed E-state index contributed by atoms with van der Waals surface area (Å²) >= 11 is 1.90. The molecular weight excluding hydrogens is 494 g/mol. The normalized spacial score (nSPS) is 14.7. The second-order valence-corrected chi connectivity index (χ2v) is 10.6. The van der Waals surface area contributed by atoms with Gasteiger partial charge >= 0.3 is 0 Å². The topological polar surface area (TPSA) is 80.4 Å². The lowest BCUT2D eigenvalue weighted by Gasteiger charge is -2.30. The van der Waals surface area contributed by atoms with E-state index in [2.05, 4.69) is 69.1 Å². The van der Waals surface area contributed by atoms with E-state index in [0.29, 0.717) is 22.9 Å². The highest BCUT2D eigenvalue weighted by Crippen LogP contribution is 2.33. The number of nitrogens with zero attached hydrogens (tertiary/aromatic N) is 6. The Morgan fingerprint density at radius 1 is 1.05 bits per heavy atom. The van der Waals surface area contributed by atoms with Crippen molar-refractivity contribution < 1.29 is 4.79 Å². The Hall–Kier alpha value is -3.95. The molecule has 0 atom stereocenters. The molecule has 0 radical (unpaired) electrons. The van der Waals surface area contributed by atoms with E-state index in [0.717, 1.165) is 43.1 Å². The number of carbonyl (C=O) groups excluding carboxylic acids is 1. The van der Waals surface area contributed by atoms with E-state index in [1.54, 1.807) is 29.2 Å². The maximum absolute atomic E-state index is 13.3. The number of fused-ring (bicyclic) bond motifs is 1. The summed E-state index contributed by atoms with van der Waals surface area (Å²) in [7, 11) is 0. The lowest BCUT2D eigenvalue weighted by Crippen LogP contribution is -2.27. The Morgan fingerprint density at radius 3 is 2.63 bits per heavy atom. The van der Waals surface area contributed by atoms with Gasteiger partial charge in [0.05, 0.1) is 17.6 Å². The Labute approximate surface area is 225 Å². The summed E-state index contributed by atoms with van der Waals surface area (Å²) in [5, 5.41) is 12.3. The van der Waals surface area contributed by atoms with Gasteiger partial charge in [0.1, 0.15) is 11.4 Å². The second kappa shape index (κ2) is 10.8. The largest absolute Gasteiger partial charge is 0.306 e. The molecule has 8 nitrogen and oxygen atoms in total. The Kier molecular flexibility index (Phi) is 6.94. The van der Waals surface area contributed by atoms with Gasteiger partial charge in [-0.15, -0.1) is 0 Å². The highest BCUT2D eigenvalue weighted by atomic mass is 32.2. The van der Waals surface area contributed by atoms with Crippen LogP contribution in [0.1, 0.15) is 45.9 Å². The van der Waals surface area contributed by atoms with Crippen molar-refractivity contribution in [2.45, 2.75) is 31.4 Å². The first-order valence-corrected chi connectivity index (χ1v) is 13.8. The van der Waals surface area contributed by atoms with Gasteiger partial charge in [0.2, 0.25) is 0 Å². The molecule has 0 spiro atoms. The van der Waals surface area contributed by atoms with Gasteiger partial charge in [-0.1, -0.05) is 60.0 Å². The molecule has 192 valence electrons. The number of nitrogens with one attached hydrogen (secondary N) is 1. The molecule has 0 aliphatic carbocycles. The number of benzene rings is 2. The van der Waals surface area contributed by atoms with Gasteiger partial charge in [-0.25, -0.2) is 14.2 Å². The molecule has 3 aromatic heterocycles. The standard InChI is InChI=1S/C29H29N7OS/c1-21-8-10-24(11-9-21)36-27(32-29(37)25-19-31-35-15-5-14-30-28(25)35)18-26(33-36)23-12-16-34(17-13-23)38-20-22-6-3-2-4-7-22/h2-11,14-15,18-19,23H,12-13,16-17,20H2,1H3,(H,32,37). The van der Waals surface area contributed by atoms with Crippen LogP contribution in [-0.2, 0) is 5.75 Å². The minimum Gasteiger partial charge on any atom is -0.306 e. The molecule has 6 rings (SSSR count). The predicted molar refractivity (Wildman–Crippen MR) is 151 cm³/mol. The van der Waals surface area contributed by atoms with Crippen molar-refractivity contribution in [2.75, 3.05) is 18.4 Å². The van der Waals surface area contributed by atoms with Gasteiger partial charge in [0.15, 0.2) is 5.65 Å². The van der Waals surface area contributed by atoms with Crippen molar-refractivity contribution in [1.82, 2.24) is 28.7 Å². The molecule has 1 saturated heterocycles. The lowest BCUT2D eigenvalue weighted by molar-refractivity contribution is 0.102. The van der Waals surface area contributed by atoms with Crippen LogP contribution in [0.5, 0.6) is 0 Å². The van der Waals surface area contributed by atoms with Gasteiger partial charge in [0, 0.05) is 43.2 Å². The van der Waals surface area contributed by atoms with E-state index in [1.807, 2.05) is 34.8 Å². The minimum atomic E-state index is -0.259. The fourth-order valence-electron chi connectivity index (χ4n) is 4.76. The van der Waals surface area contributed by atoms with E-state index < -0.39 is 0 Å². The average Bonchev–Trinajstić information content (AvgIpc) is 3.58. The number of amides is 1. The van der Waals surface area contributed by atoms with Crippen molar-refractivity contribution in [3.05, 3.63) is 108 Å². The molecule has 1 aliphatic heterocycles. The quantitative estimate of drug-likeness (QED) is 0.284. The number of hydrogen-bond acceptors (Lipinski definition) is 6. The third-order valence-electron chi connectivity index (χ3n) is 6.90. The van der Waals surface area contributed by atoms with Crippen LogP contribution in [0.25, 0.3) is 11.3 Å². The summed E-state index contributed by atoms with van der Waals surface area (Å²) in [5.74, 6) is 1.71. The van der Waals surface area contributed by atoms with Gasteiger partial charge < -0.3 is 5.32 Å². The molecule has 38 heavy (non-hydrogen) atoms. The third-order valence-corrected chi connectivity index (χ3v) is 8.09. The summed E-state index contributed by atoms with van der Waals surface area (Å²) in [4.78, 5) is 17.6. The zero-order valence-corrected chi connectivity index (χ0v) is 22.0. The van der Waals surface area contributed by atoms with Gasteiger partial charge in [-0.05, 0) is 43.5 Å². The number of aryl methyl sites for hydroxylation is 1. The molecule has 1 amide bonds. The zero-order chi connectivity index (χ0) is 25.9. The Bertz CT molecular complexity index is 1540. The van der Waals surface area contributed by atoms with E-state index >= 15 is 0 Å². The Balaban J connectivity index is 1.20. The van der Waals surface area contributed by atoms with Crippen molar-refractivity contribution in [1.29, 1.82) is 0 Å². The Morgan fingerprint density at radius 2 is 1.84 bits per heavy atom. The number of hydrogen-bond donors (Lipinski definition) is 1. The maximum atomic E-state index is 13.3. The fraction of sp³-hybridized carbons (Fsp3) is 0.241. The average molecular weight is 524 g/mol. The van der Waals surface area contributed by atoms with Gasteiger partial charge in [-0.3, -0.25) is 9.10 Å². The molecule has 2 aromatic carbocycles. The zero-order valence-electron chi connectivity index (χ0n) is 21.2. The smallest absolute Gasteiger partial charge is 0.262 e. The molecule has 1 N–H and O–H groups in total. The summed E-state index contributed by atoms with van der Waals surface area (Å²) in [6.45, 7) is 4.08. The lowest BCUT2D eigenvalue weighted by atomic mass is 9.95. The summed E-state index contributed by atoms with van der Waals surface area (Å²) in [6, 6.07) is 22.6. The van der Waals surface area contributed by atoms with Crippen molar-refractivity contribution in [3.8, 4) is 5.69 Å². The minimum absolute atomic E-state index is 0.259. The van der Waals surface area contributed by atoms with Crippen LogP contribution in [0.4, 0.5) is 5.82 Å². The number of anilines is 1. The number of carbonyl (C=O) groups is 1. The molecule has 5 aromatic rings. The highest BCUT2D eigenvalue weighted by molar-refractivity contribution is 7.96. The molecular formula is C29H29N7OS. The summed E-state index contributed by atoms with van der Waals surface area (Å²) < 4.78 is 5.89. The third kappa shape index (κ3) is 5.20. The van der Waals surface area contributed by atoms with Crippen LogP contribution in [-0.4, -0.2) is 47.7 Å². The fourth-order valence-corrected chi connectivity index (χ4v) is 5.76. The van der Waals surface area contributed by atoms with Crippen molar-refractivity contribution in [3.63, 3.8) is 0 Å². The van der Waals surface area contributed by atoms with Crippen LogP contribution in [0.2, 0.25) is 0 Å². The van der Waals surface area contributed by atoms with Crippen molar-refractivity contribution in [2.24, 2.45) is 0 Å². The molecule has 9 heteroatoms. The van der Waals surface area contributed by atoms with Gasteiger partial charge in [0.25, 0.3) is 5.91 Å². The molecule has 1 fully saturated rings. The van der Waals surface area contributed by atoms with Crippen LogP contribution < -0.4 is 5.32 Å². The van der Waals surface area contributed by atoms with Crippen molar-refractivity contribution >= 4 is 29.3 Å². The first kappa shape index (κ1) is 24.4. The predicted octanol–water partition coefficient (Wildman–Crippen LogP) is 5.50. The number of aromatic nitrogens is 5. The van der Waals surface area contributed by atoms with E-state index in [-0.39, 0.29) is 5.91 Å². The van der Waals surface area contributed by atoms with Crippen LogP contribution in [0.15, 0.2) is 85.3 Å². The highest BCUT2D eigenvalue weighted by Gasteiger charge is 2.25. The number of piperidine rings is 1. The van der Waals surface area contributed by atoms with E-state index in [4.69, 9.17) is 5.10 Å². The monoisotopic (exact) mass is 523 g/mol. The molecule has 0 bridgehead atoms. The second-order valence-electron chi connectivity index (χ2n) is 9.56. The van der Waals surface area contributed by atoms with E-state index in [9.17, 15) is 4.79 Å². The first-order chi connectivity index (χ1) is 18.6. The first-order valence-electron chi connectivity index (χ1n) is 12.8. The van der Waals surface area contributed by atoms with Crippen LogP contribution in [0, 0.1) is 6.92 Å². The SMILES string of the molecule is Cc1ccc(-n2nc(C3CCN(SCc4ccccc4)CC3)cc2NC(=O)c2cnn3cccnc23)cc1.